The molecule has 2 aliphatic rings. The molecule has 8 rings (SSSR count). The van der Waals surface area contributed by atoms with Crippen LogP contribution in [0.5, 0.6) is 0 Å². The Labute approximate surface area is 215 Å². The molecule has 5 aromatic carbocycles. The first-order valence-corrected chi connectivity index (χ1v) is 12.8. The van der Waals surface area contributed by atoms with Crippen LogP contribution in [0.25, 0.3) is 33.5 Å². The first kappa shape index (κ1) is 20.6. The third-order valence-corrected chi connectivity index (χ3v) is 8.18. The minimum atomic E-state index is -0.385. The second kappa shape index (κ2) is 7.68. The lowest BCUT2D eigenvalue weighted by Gasteiger charge is -2.30. The zero-order valence-electron chi connectivity index (χ0n) is 20.2. The molecule has 0 amide bonds. The van der Waals surface area contributed by atoms with Crippen LogP contribution in [0.3, 0.4) is 0 Å². The summed E-state index contributed by atoms with van der Waals surface area (Å²) in [6.45, 7) is 0. The molecule has 0 spiro atoms. The lowest BCUT2D eigenvalue weighted by molar-refractivity contribution is 0.588. The molecule has 0 N–H and O–H groups in total. The molecule has 0 atom stereocenters. The summed E-state index contributed by atoms with van der Waals surface area (Å²) in [5.41, 5.74) is 7.09. The van der Waals surface area contributed by atoms with E-state index in [1.165, 1.54) is 27.6 Å². The van der Waals surface area contributed by atoms with E-state index in [2.05, 4.69) is 103 Å². The van der Waals surface area contributed by atoms with Gasteiger partial charge >= 0.3 is 0 Å². The van der Waals surface area contributed by atoms with Crippen LogP contribution in [0.2, 0.25) is 0 Å². The summed E-state index contributed by atoms with van der Waals surface area (Å²) in [4.78, 5) is 15.6. The van der Waals surface area contributed by atoms with Crippen molar-refractivity contribution in [1.82, 2.24) is 15.0 Å². The number of nitrogens with zero attached hydrogens (tertiary/aromatic N) is 3. The summed E-state index contributed by atoms with van der Waals surface area (Å²) < 4.78 is 0. The van der Waals surface area contributed by atoms with Crippen LogP contribution in [-0.2, 0) is 5.41 Å². The van der Waals surface area contributed by atoms with Crippen LogP contribution in [0.15, 0.2) is 121 Å². The van der Waals surface area contributed by atoms with Gasteiger partial charge in [-0.1, -0.05) is 121 Å². The van der Waals surface area contributed by atoms with Crippen molar-refractivity contribution in [3.63, 3.8) is 0 Å². The van der Waals surface area contributed by atoms with E-state index < -0.39 is 0 Å². The molecule has 0 saturated carbocycles. The molecule has 1 heterocycles. The lowest BCUT2D eigenvalue weighted by atomic mass is 9.74. The minimum Gasteiger partial charge on any atom is -0.212 e. The molecule has 2 bridgehead atoms. The molecule has 2 aliphatic carbocycles. The van der Waals surface area contributed by atoms with E-state index in [-0.39, 0.29) is 5.41 Å². The SMILES string of the molecule is c1ccc(-c2nc(-c3cccc4ccccc34)nc(C34CC(c5ccccc53)c3ccccc34)n2)cc1. The summed E-state index contributed by atoms with van der Waals surface area (Å²) in [5, 5.41) is 2.33. The highest BCUT2D eigenvalue weighted by Gasteiger charge is 2.55. The first-order valence-electron chi connectivity index (χ1n) is 12.8. The number of rotatable bonds is 3. The first-order chi connectivity index (χ1) is 18.3. The smallest absolute Gasteiger partial charge is 0.164 e. The number of benzene rings is 5. The van der Waals surface area contributed by atoms with Gasteiger partial charge in [0.25, 0.3) is 0 Å². The molecule has 0 radical (unpaired) electrons. The van der Waals surface area contributed by atoms with Gasteiger partial charge in [-0.25, -0.2) is 15.0 Å². The maximum atomic E-state index is 5.31. The Balaban J connectivity index is 1.45. The maximum absolute atomic E-state index is 5.31. The Kier molecular flexibility index (Phi) is 4.27. The molecule has 1 aromatic heterocycles. The van der Waals surface area contributed by atoms with Gasteiger partial charge in [-0.05, 0) is 39.4 Å². The van der Waals surface area contributed by atoms with Crippen molar-refractivity contribution in [3.05, 3.63) is 149 Å². The van der Waals surface area contributed by atoms with E-state index in [1.807, 2.05) is 18.2 Å². The van der Waals surface area contributed by atoms with Crippen molar-refractivity contribution in [1.29, 1.82) is 0 Å². The molecular formula is C34H23N3. The third kappa shape index (κ3) is 2.85. The van der Waals surface area contributed by atoms with Gasteiger partial charge in [0, 0.05) is 17.0 Å². The molecule has 3 nitrogen and oxygen atoms in total. The van der Waals surface area contributed by atoms with E-state index in [0.29, 0.717) is 11.7 Å². The van der Waals surface area contributed by atoms with Crippen LogP contribution >= 0.6 is 0 Å². The highest BCUT2D eigenvalue weighted by molar-refractivity contribution is 5.95. The van der Waals surface area contributed by atoms with E-state index in [9.17, 15) is 0 Å². The number of fused-ring (bicyclic) bond motifs is 9. The van der Waals surface area contributed by atoms with Crippen LogP contribution < -0.4 is 0 Å². The van der Waals surface area contributed by atoms with Gasteiger partial charge in [0.05, 0.1) is 5.41 Å². The Morgan fingerprint density at radius 1 is 0.541 bits per heavy atom. The van der Waals surface area contributed by atoms with Gasteiger partial charge in [0.2, 0.25) is 0 Å². The average Bonchev–Trinajstić information content (AvgIpc) is 3.51. The van der Waals surface area contributed by atoms with Gasteiger partial charge in [0.1, 0.15) is 5.82 Å². The number of hydrogen-bond acceptors (Lipinski definition) is 3. The third-order valence-electron chi connectivity index (χ3n) is 8.18. The average molecular weight is 474 g/mol. The monoisotopic (exact) mass is 473 g/mol. The van der Waals surface area contributed by atoms with Gasteiger partial charge in [-0.15, -0.1) is 0 Å². The summed E-state index contributed by atoms with van der Waals surface area (Å²) >= 11 is 0. The maximum Gasteiger partial charge on any atom is 0.164 e. The molecule has 0 unspecified atom stereocenters. The van der Waals surface area contributed by atoms with Crippen LogP contribution in [-0.4, -0.2) is 15.0 Å². The summed E-state index contributed by atoms with van der Waals surface area (Å²) in [6.07, 6.45) is 0.957. The number of aromatic nitrogens is 3. The van der Waals surface area contributed by atoms with Crippen molar-refractivity contribution in [2.45, 2.75) is 17.8 Å². The highest BCUT2D eigenvalue weighted by atomic mass is 15.1. The minimum absolute atomic E-state index is 0.366. The zero-order valence-corrected chi connectivity index (χ0v) is 20.2. The Hall–Kier alpha value is -4.63. The predicted molar refractivity (Wildman–Crippen MR) is 147 cm³/mol. The number of hydrogen-bond donors (Lipinski definition) is 0. The molecular weight excluding hydrogens is 450 g/mol. The van der Waals surface area contributed by atoms with Crippen LogP contribution in [0, 0.1) is 0 Å². The fraction of sp³-hybridized carbons (Fsp3) is 0.0882. The quantitative estimate of drug-likeness (QED) is 0.266. The van der Waals surface area contributed by atoms with Crippen molar-refractivity contribution >= 4 is 10.8 Å². The van der Waals surface area contributed by atoms with Crippen LogP contribution in [0.1, 0.15) is 40.4 Å². The predicted octanol–water partition coefficient (Wildman–Crippen LogP) is 7.54. The van der Waals surface area contributed by atoms with Gasteiger partial charge in [0.15, 0.2) is 11.6 Å². The molecule has 174 valence electrons. The molecule has 3 heteroatoms. The van der Waals surface area contributed by atoms with Crippen molar-refractivity contribution in [2.24, 2.45) is 0 Å². The largest absolute Gasteiger partial charge is 0.212 e. The topological polar surface area (TPSA) is 38.7 Å². The van der Waals surface area contributed by atoms with Crippen molar-refractivity contribution in [2.75, 3.05) is 0 Å². The summed E-state index contributed by atoms with van der Waals surface area (Å²) in [7, 11) is 0. The van der Waals surface area contributed by atoms with Gasteiger partial charge in [-0.3, -0.25) is 0 Å². The van der Waals surface area contributed by atoms with E-state index in [0.717, 1.165) is 34.6 Å². The molecule has 0 aliphatic heterocycles. The standard InChI is InChI=1S/C34H23N3/c1-2-12-23(13-3-1)31-35-32(27-18-10-14-22-11-4-5-15-24(22)27)37-33(36-31)34-21-28(25-16-6-8-19-29(25)34)26-17-7-9-20-30(26)34/h1-20,28H,21H2. The second-order valence-electron chi connectivity index (χ2n) is 10.0. The van der Waals surface area contributed by atoms with E-state index >= 15 is 0 Å². The lowest BCUT2D eigenvalue weighted by Crippen LogP contribution is -2.29. The summed E-state index contributed by atoms with van der Waals surface area (Å²) in [6, 6.07) is 42.8. The molecule has 0 fully saturated rings. The van der Waals surface area contributed by atoms with E-state index in [4.69, 9.17) is 15.0 Å². The molecule has 0 saturated heterocycles. The van der Waals surface area contributed by atoms with Gasteiger partial charge in [-0.2, -0.15) is 0 Å². The molecule has 6 aromatic rings. The Morgan fingerprint density at radius 2 is 1.16 bits per heavy atom. The fourth-order valence-electron chi connectivity index (χ4n) is 6.59. The van der Waals surface area contributed by atoms with E-state index in [1.54, 1.807) is 0 Å². The molecule has 37 heavy (non-hydrogen) atoms. The Bertz CT molecular complexity index is 1770. The van der Waals surface area contributed by atoms with Crippen molar-refractivity contribution < 1.29 is 0 Å². The zero-order chi connectivity index (χ0) is 24.4. The summed E-state index contributed by atoms with van der Waals surface area (Å²) in [5.74, 6) is 2.64. The van der Waals surface area contributed by atoms with Crippen molar-refractivity contribution in [3.8, 4) is 22.8 Å². The van der Waals surface area contributed by atoms with Gasteiger partial charge < -0.3 is 0 Å². The normalized spacial score (nSPS) is 19.1. The fourth-order valence-corrected chi connectivity index (χ4v) is 6.59. The highest BCUT2D eigenvalue weighted by Crippen LogP contribution is 2.62. The van der Waals surface area contributed by atoms with Crippen LogP contribution in [0.4, 0.5) is 0 Å². The Morgan fingerprint density at radius 3 is 1.95 bits per heavy atom. The second-order valence-corrected chi connectivity index (χ2v) is 10.0.